The summed E-state index contributed by atoms with van der Waals surface area (Å²) in [6, 6.07) is -5.03. The summed E-state index contributed by atoms with van der Waals surface area (Å²) >= 11 is 0. The van der Waals surface area contributed by atoms with Gasteiger partial charge in [-0.05, 0) is 25.2 Å². The van der Waals surface area contributed by atoms with Crippen LogP contribution in [0.25, 0.3) is 0 Å². The maximum atomic E-state index is 13.1. The number of imidazole rings is 1. The van der Waals surface area contributed by atoms with Gasteiger partial charge in [0.05, 0.1) is 12.4 Å². The molecule has 15 nitrogen and oxygen atoms in total. The fourth-order valence-electron chi connectivity index (χ4n) is 3.33. The summed E-state index contributed by atoms with van der Waals surface area (Å²) in [6.45, 7) is 3.61. The van der Waals surface area contributed by atoms with Crippen LogP contribution in [-0.4, -0.2) is 79.9 Å². The number of nitrogens with zero attached hydrogens (tertiary/aromatic N) is 1. The van der Waals surface area contributed by atoms with Gasteiger partial charge in [-0.3, -0.25) is 24.0 Å². The average Bonchev–Trinajstić information content (AvgIpc) is 3.30. The van der Waals surface area contributed by atoms with Crippen LogP contribution in [0.1, 0.15) is 51.6 Å². The number of aromatic amines is 1. The number of nitrogens with two attached hydrogens (primary N) is 2. The molecule has 0 aliphatic carbocycles. The van der Waals surface area contributed by atoms with E-state index in [0.29, 0.717) is 5.69 Å². The Morgan fingerprint density at radius 1 is 0.919 bits per heavy atom. The minimum atomic E-state index is -1.49. The highest BCUT2D eigenvalue weighted by atomic mass is 16.4. The lowest BCUT2D eigenvalue weighted by Gasteiger charge is -2.26. The van der Waals surface area contributed by atoms with Gasteiger partial charge in [0.15, 0.2) is 0 Å². The molecule has 1 heterocycles. The maximum absolute atomic E-state index is 13.1. The standard InChI is InChI=1S/C22H35N7O8/c1-11(2)7-16(29-19(33)13(23)8-12-9-25-10-26-12)21(35)27-14(4-6-18(31)32)20(34)28-15(22(36)37)3-5-17(24)30/h9-11,13-16H,3-8,23H2,1-2H3,(H2,24,30)(H,25,26)(H,27,35)(H,28,34)(H,29,33)(H,31,32)(H,36,37). The van der Waals surface area contributed by atoms with E-state index in [1.54, 1.807) is 0 Å². The number of nitrogens with one attached hydrogen (secondary N) is 4. The molecule has 10 N–H and O–H groups in total. The van der Waals surface area contributed by atoms with Crippen molar-refractivity contribution in [2.75, 3.05) is 0 Å². The SMILES string of the molecule is CC(C)CC(NC(=O)C(N)Cc1cnc[nH]1)C(=O)NC(CCC(=O)O)C(=O)NC(CCC(N)=O)C(=O)O. The van der Waals surface area contributed by atoms with Crippen molar-refractivity contribution in [3.8, 4) is 0 Å². The Morgan fingerprint density at radius 3 is 2.00 bits per heavy atom. The van der Waals surface area contributed by atoms with Crippen LogP contribution in [0.2, 0.25) is 0 Å². The van der Waals surface area contributed by atoms with Gasteiger partial charge in [0.25, 0.3) is 0 Å². The molecule has 4 atom stereocenters. The molecule has 0 saturated carbocycles. The van der Waals surface area contributed by atoms with Gasteiger partial charge in [0, 0.05) is 31.2 Å². The number of hydrogen-bond donors (Lipinski definition) is 8. The third-order valence-electron chi connectivity index (χ3n) is 5.25. The molecule has 206 valence electrons. The number of carboxylic acid groups (broad SMARTS) is 2. The van der Waals surface area contributed by atoms with Crippen LogP contribution in [0.3, 0.4) is 0 Å². The van der Waals surface area contributed by atoms with E-state index in [4.69, 9.17) is 16.6 Å². The van der Waals surface area contributed by atoms with Gasteiger partial charge >= 0.3 is 11.9 Å². The number of aromatic nitrogens is 2. The van der Waals surface area contributed by atoms with Gasteiger partial charge in [0.1, 0.15) is 18.1 Å². The van der Waals surface area contributed by atoms with Gasteiger partial charge in [0.2, 0.25) is 23.6 Å². The van der Waals surface area contributed by atoms with E-state index >= 15 is 0 Å². The molecular weight excluding hydrogens is 490 g/mol. The monoisotopic (exact) mass is 525 g/mol. The van der Waals surface area contributed by atoms with E-state index in [0.717, 1.165) is 0 Å². The molecule has 0 fully saturated rings. The van der Waals surface area contributed by atoms with Crippen LogP contribution in [0.15, 0.2) is 12.5 Å². The Morgan fingerprint density at radius 2 is 1.49 bits per heavy atom. The highest BCUT2D eigenvalue weighted by Crippen LogP contribution is 2.09. The van der Waals surface area contributed by atoms with Crippen LogP contribution in [-0.2, 0) is 35.2 Å². The number of H-pyrrole nitrogens is 1. The first kappa shape index (κ1) is 31.0. The Labute approximate surface area is 213 Å². The van der Waals surface area contributed by atoms with Crippen molar-refractivity contribution >= 4 is 35.6 Å². The molecule has 0 aliphatic heterocycles. The first-order valence-corrected chi connectivity index (χ1v) is 11.7. The third-order valence-corrected chi connectivity index (χ3v) is 5.25. The van der Waals surface area contributed by atoms with E-state index < -0.39 is 66.2 Å². The summed E-state index contributed by atoms with van der Waals surface area (Å²) in [5.41, 5.74) is 11.6. The van der Waals surface area contributed by atoms with E-state index in [9.17, 15) is 33.9 Å². The Kier molecular flexibility index (Phi) is 12.7. The number of hydrogen-bond acceptors (Lipinski definition) is 8. The van der Waals surface area contributed by atoms with Crippen LogP contribution in [0.4, 0.5) is 0 Å². The number of carbonyl (C=O) groups excluding carboxylic acids is 4. The van der Waals surface area contributed by atoms with Gasteiger partial charge in [-0.15, -0.1) is 0 Å². The summed E-state index contributed by atoms with van der Waals surface area (Å²) in [5, 5.41) is 25.5. The highest BCUT2D eigenvalue weighted by molar-refractivity contribution is 5.94. The quantitative estimate of drug-likeness (QED) is 0.111. The number of rotatable bonds is 17. The van der Waals surface area contributed by atoms with Crippen LogP contribution < -0.4 is 27.4 Å². The fourth-order valence-corrected chi connectivity index (χ4v) is 3.33. The lowest BCUT2D eigenvalue weighted by molar-refractivity contribution is -0.143. The summed E-state index contributed by atoms with van der Waals surface area (Å²) in [5.74, 6) is -5.87. The molecule has 0 spiro atoms. The molecule has 37 heavy (non-hydrogen) atoms. The summed E-state index contributed by atoms with van der Waals surface area (Å²) < 4.78 is 0. The molecule has 1 aromatic heterocycles. The van der Waals surface area contributed by atoms with Gasteiger partial charge in [-0.25, -0.2) is 9.78 Å². The first-order chi connectivity index (χ1) is 17.3. The molecular formula is C22H35N7O8. The molecule has 4 unspecified atom stereocenters. The Hall–Kier alpha value is -4.01. The molecule has 0 radical (unpaired) electrons. The number of aliphatic carboxylic acids is 2. The predicted molar refractivity (Wildman–Crippen MR) is 128 cm³/mol. The van der Waals surface area contributed by atoms with Gasteiger partial charge in [-0.1, -0.05) is 13.8 Å². The number of carboxylic acids is 2. The Balaban J connectivity index is 2.98. The molecule has 0 aliphatic rings. The average molecular weight is 526 g/mol. The van der Waals surface area contributed by atoms with Gasteiger partial charge in [-0.2, -0.15) is 0 Å². The van der Waals surface area contributed by atoms with Crippen molar-refractivity contribution < 1.29 is 39.0 Å². The van der Waals surface area contributed by atoms with Crippen LogP contribution in [0, 0.1) is 5.92 Å². The number of primary amides is 1. The molecule has 1 rings (SSSR count). The molecule has 4 amide bonds. The molecule has 0 aromatic carbocycles. The van der Waals surface area contributed by atoms with E-state index in [-0.39, 0.29) is 38.0 Å². The normalized spacial score (nSPS) is 14.2. The summed E-state index contributed by atoms with van der Waals surface area (Å²) in [6.07, 6.45) is 1.78. The maximum Gasteiger partial charge on any atom is 0.326 e. The third kappa shape index (κ3) is 12.0. The summed E-state index contributed by atoms with van der Waals surface area (Å²) in [4.78, 5) is 78.7. The molecule has 0 saturated heterocycles. The topological polar surface area (TPSA) is 260 Å². The highest BCUT2D eigenvalue weighted by Gasteiger charge is 2.31. The minimum absolute atomic E-state index is 0.0589. The van der Waals surface area contributed by atoms with Crippen molar-refractivity contribution in [2.24, 2.45) is 17.4 Å². The zero-order valence-electron chi connectivity index (χ0n) is 20.7. The molecule has 15 heteroatoms. The number of carbonyl (C=O) groups is 6. The lowest BCUT2D eigenvalue weighted by atomic mass is 10.0. The smallest absolute Gasteiger partial charge is 0.326 e. The summed E-state index contributed by atoms with van der Waals surface area (Å²) in [7, 11) is 0. The van der Waals surface area contributed by atoms with E-state index in [2.05, 4.69) is 25.9 Å². The zero-order valence-corrected chi connectivity index (χ0v) is 20.7. The van der Waals surface area contributed by atoms with Crippen molar-refractivity contribution in [1.82, 2.24) is 25.9 Å². The minimum Gasteiger partial charge on any atom is -0.481 e. The van der Waals surface area contributed by atoms with Crippen molar-refractivity contribution in [3.05, 3.63) is 18.2 Å². The first-order valence-electron chi connectivity index (χ1n) is 11.7. The largest absolute Gasteiger partial charge is 0.481 e. The van der Waals surface area contributed by atoms with Crippen LogP contribution in [0.5, 0.6) is 0 Å². The Bertz CT molecular complexity index is 951. The second-order valence-corrected chi connectivity index (χ2v) is 8.98. The van der Waals surface area contributed by atoms with E-state index in [1.807, 2.05) is 13.8 Å². The lowest BCUT2D eigenvalue weighted by Crippen LogP contribution is -2.57. The predicted octanol–water partition coefficient (Wildman–Crippen LogP) is -2.01. The van der Waals surface area contributed by atoms with Gasteiger partial charge < -0.3 is 42.6 Å². The van der Waals surface area contributed by atoms with Crippen molar-refractivity contribution in [3.63, 3.8) is 0 Å². The molecule has 1 aromatic rings. The molecule has 0 bridgehead atoms. The van der Waals surface area contributed by atoms with Crippen molar-refractivity contribution in [2.45, 2.75) is 76.5 Å². The zero-order chi connectivity index (χ0) is 28.1. The van der Waals surface area contributed by atoms with E-state index in [1.165, 1.54) is 12.5 Å². The number of amides is 4. The van der Waals surface area contributed by atoms with Crippen LogP contribution >= 0.6 is 0 Å². The second kappa shape index (κ2) is 15.2. The van der Waals surface area contributed by atoms with Crippen molar-refractivity contribution in [1.29, 1.82) is 0 Å². The fraction of sp³-hybridized carbons (Fsp3) is 0.591. The second-order valence-electron chi connectivity index (χ2n) is 8.98.